The first-order chi connectivity index (χ1) is 14.7. The van der Waals surface area contributed by atoms with E-state index in [4.69, 9.17) is 4.74 Å². The van der Waals surface area contributed by atoms with E-state index in [9.17, 15) is 9.59 Å². The molecule has 162 valence electrons. The average Bonchev–Trinajstić information content (AvgIpc) is 3.11. The first-order valence-corrected chi connectivity index (χ1v) is 10.8. The Bertz CT molecular complexity index is 1060. The fraction of sp³-hybridized carbons (Fsp3) is 0.261. The summed E-state index contributed by atoms with van der Waals surface area (Å²) in [4.78, 5) is 29.1. The summed E-state index contributed by atoms with van der Waals surface area (Å²) in [6.45, 7) is 5.37. The second-order valence-corrected chi connectivity index (χ2v) is 8.88. The Kier molecular flexibility index (Phi) is 7.02. The molecule has 31 heavy (non-hydrogen) atoms. The highest BCUT2D eigenvalue weighted by atomic mass is 32.2. The van der Waals surface area contributed by atoms with Crippen molar-refractivity contribution in [3.05, 3.63) is 72.1 Å². The highest BCUT2D eigenvalue weighted by Crippen LogP contribution is 2.24. The minimum absolute atomic E-state index is 0.262. The molecule has 8 heteroatoms. The molecule has 0 atom stereocenters. The van der Waals surface area contributed by atoms with Crippen molar-refractivity contribution in [2.75, 3.05) is 10.6 Å². The number of aromatic nitrogens is 2. The van der Waals surface area contributed by atoms with Crippen molar-refractivity contribution in [3.63, 3.8) is 0 Å². The second-order valence-electron chi connectivity index (χ2n) is 7.93. The van der Waals surface area contributed by atoms with Gasteiger partial charge in [-0.3, -0.25) is 10.1 Å². The van der Waals surface area contributed by atoms with Crippen molar-refractivity contribution in [1.82, 2.24) is 9.55 Å². The maximum atomic E-state index is 12.7. The van der Waals surface area contributed by atoms with Crippen molar-refractivity contribution in [2.24, 2.45) is 7.05 Å². The van der Waals surface area contributed by atoms with Gasteiger partial charge in [-0.25, -0.2) is 9.78 Å². The molecule has 3 aromatic rings. The number of nitrogens with one attached hydrogen (secondary N) is 2. The van der Waals surface area contributed by atoms with Gasteiger partial charge < -0.3 is 14.6 Å². The summed E-state index contributed by atoms with van der Waals surface area (Å²) in [5.74, 6) is 0.497. The zero-order chi connectivity index (χ0) is 22.4. The van der Waals surface area contributed by atoms with Gasteiger partial charge in [0.2, 0.25) is 0 Å². The van der Waals surface area contributed by atoms with Crippen LogP contribution in [0.3, 0.4) is 0 Å². The number of aryl methyl sites for hydroxylation is 1. The molecule has 1 aromatic heterocycles. The minimum Gasteiger partial charge on any atom is -0.444 e. The van der Waals surface area contributed by atoms with Crippen molar-refractivity contribution < 1.29 is 14.3 Å². The monoisotopic (exact) mass is 438 g/mol. The van der Waals surface area contributed by atoms with Crippen LogP contribution in [0.5, 0.6) is 0 Å². The molecule has 3 rings (SSSR count). The number of benzene rings is 2. The Labute approximate surface area is 186 Å². The Hall–Kier alpha value is -3.26. The molecule has 0 saturated heterocycles. The Morgan fingerprint density at radius 3 is 2.26 bits per heavy atom. The van der Waals surface area contributed by atoms with E-state index in [0.717, 1.165) is 16.5 Å². The van der Waals surface area contributed by atoms with Crippen LogP contribution in [-0.4, -0.2) is 27.2 Å². The van der Waals surface area contributed by atoms with Gasteiger partial charge in [-0.05, 0) is 50.6 Å². The van der Waals surface area contributed by atoms with E-state index in [1.807, 2.05) is 29.9 Å². The van der Waals surface area contributed by atoms with Gasteiger partial charge in [0.25, 0.3) is 5.91 Å². The molecule has 0 saturated carbocycles. The predicted octanol–water partition coefficient (Wildman–Crippen LogP) is 5.31. The number of ether oxygens (including phenoxy) is 1. The smallest absolute Gasteiger partial charge is 0.412 e. The number of thioether (sulfide) groups is 1. The van der Waals surface area contributed by atoms with Crippen LogP contribution in [0.2, 0.25) is 0 Å². The van der Waals surface area contributed by atoms with E-state index in [-0.39, 0.29) is 5.91 Å². The lowest BCUT2D eigenvalue weighted by Crippen LogP contribution is -2.27. The maximum absolute atomic E-state index is 12.7. The molecule has 2 aromatic carbocycles. The van der Waals surface area contributed by atoms with Crippen LogP contribution in [0, 0.1) is 0 Å². The number of hydrogen-bond donors (Lipinski definition) is 2. The standard InChI is InChI=1S/C23H26N4O3S/c1-23(2,3)30-22(29)26-19-8-6-5-7-18(19)25-20(28)17-11-9-16(10-12-17)15-31-21-24-13-14-27(21)4/h5-14H,15H2,1-4H3,(H,25,28)(H,26,29). The normalized spacial score (nSPS) is 11.1. The largest absolute Gasteiger partial charge is 0.444 e. The lowest BCUT2D eigenvalue weighted by atomic mass is 10.1. The molecule has 7 nitrogen and oxygen atoms in total. The summed E-state index contributed by atoms with van der Waals surface area (Å²) in [7, 11) is 1.96. The number of nitrogens with zero attached hydrogens (tertiary/aromatic N) is 2. The van der Waals surface area contributed by atoms with Crippen molar-refractivity contribution in [2.45, 2.75) is 37.3 Å². The highest BCUT2D eigenvalue weighted by molar-refractivity contribution is 7.98. The second kappa shape index (κ2) is 9.70. The minimum atomic E-state index is -0.613. The average molecular weight is 439 g/mol. The van der Waals surface area contributed by atoms with E-state index in [2.05, 4.69) is 15.6 Å². The van der Waals surface area contributed by atoms with E-state index in [0.29, 0.717) is 16.9 Å². The molecule has 0 aliphatic heterocycles. The third-order valence-corrected chi connectivity index (χ3v) is 5.30. The molecule has 1 heterocycles. The van der Waals surface area contributed by atoms with E-state index in [1.165, 1.54) is 0 Å². The molecule has 0 unspecified atom stereocenters. The third kappa shape index (κ3) is 6.62. The number of para-hydroxylation sites is 2. The number of anilines is 2. The SMILES string of the molecule is Cn1ccnc1SCc1ccc(C(=O)Nc2ccccc2NC(=O)OC(C)(C)C)cc1. The van der Waals surface area contributed by atoms with Crippen LogP contribution in [0.25, 0.3) is 0 Å². The fourth-order valence-electron chi connectivity index (χ4n) is 2.70. The number of carbonyl (C=O) groups excluding carboxylic acids is 2. The van der Waals surface area contributed by atoms with Gasteiger partial charge in [-0.2, -0.15) is 0 Å². The zero-order valence-electron chi connectivity index (χ0n) is 18.0. The molecular formula is C23H26N4O3S. The summed E-state index contributed by atoms with van der Waals surface area (Å²) in [5, 5.41) is 6.47. The van der Waals surface area contributed by atoms with Gasteiger partial charge in [0.05, 0.1) is 11.4 Å². The van der Waals surface area contributed by atoms with E-state index < -0.39 is 11.7 Å². The van der Waals surface area contributed by atoms with E-state index in [1.54, 1.807) is 75.1 Å². The Morgan fingerprint density at radius 1 is 1.03 bits per heavy atom. The van der Waals surface area contributed by atoms with Crippen LogP contribution in [0.15, 0.2) is 66.1 Å². The first-order valence-electron chi connectivity index (χ1n) is 9.81. The molecule has 0 radical (unpaired) electrons. The summed E-state index contributed by atoms with van der Waals surface area (Å²) < 4.78 is 7.25. The summed E-state index contributed by atoms with van der Waals surface area (Å²) in [5.41, 5.74) is 1.97. The third-order valence-electron chi connectivity index (χ3n) is 4.17. The number of hydrogen-bond acceptors (Lipinski definition) is 5. The van der Waals surface area contributed by atoms with Crippen LogP contribution < -0.4 is 10.6 Å². The molecule has 0 fully saturated rings. The van der Waals surface area contributed by atoms with Crippen molar-refractivity contribution in [3.8, 4) is 0 Å². The molecule has 0 aliphatic rings. The van der Waals surface area contributed by atoms with Gasteiger partial charge in [0.1, 0.15) is 5.60 Å². The molecule has 2 amide bonds. The summed E-state index contributed by atoms with van der Waals surface area (Å²) in [6, 6.07) is 14.4. The van der Waals surface area contributed by atoms with Gasteiger partial charge in [0.15, 0.2) is 5.16 Å². The quantitative estimate of drug-likeness (QED) is 0.509. The Morgan fingerprint density at radius 2 is 1.68 bits per heavy atom. The zero-order valence-corrected chi connectivity index (χ0v) is 18.8. The van der Waals surface area contributed by atoms with Crippen LogP contribution in [0.4, 0.5) is 16.2 Å². The summed E-state index contributed by atoms with van der Waals surface area (Å²) >= 11 is 1.63. The molecule has 0 spiro atoms. The van der Waals surface area contributed by atoms with Crippen LogP contribution in [0.1, 0.15) is 36.7 Å². The lowest BCUT2D eigenvalue weighted by Gasteiger charge is -2.20. The molecule has 0 bridgehead atoms. The number of rotatable bonds is 6. The summed E-state index contributed by atoms with van der Waals surface area (Å²) in [6.07, 6.45) is 3.10. The van der Waals surface area contributed by atoms with Crippen LogP contribution in [-0.2, 0) is 17.5 Å². The van der Waals surface area contributed by atoms with Crippen molar-refractivity contribution >= 4 is 35.1 Å². The number of carbonyl (C=O) groups is 2. The van der Waals surface area contributed by atoms with Gasteiger partial charge in [-0.1, -0.05) is 36.0 Å². The Balaban J connectivity index is 1.62. The number of amides is 2. The van der Waals surface area contributed by atoms with Crippen molar-refractivity contribution in [1.29, 1.82) is 0 Å². The van der Waals surface area contributed by atoms with Gasteiger partial charge in [0, 0.05) is 30.8 Å². The van der Waals surface area contributed by atoms with E-state index >= 15 is 0 Å². The molecular weight excluding hydrogens is 412 g/mol. The maximum Gasteiger partial charge on any atom is 0.412 e. The number of imidazole rings is 1. The van der Waals surface area contributed by atoms with Gasteiger partial charge in [-0.15, -0.1) is 0 Å². The fourth-order valence-corrected chi connectivity index (χ4v) is 3.59. The highest BCUT2D eigenvalue weighted by Gasteiger charge is 2.18. The lowest BCUT2D eigenvalue weighted by molar-refractivity contribution is 0.0635. The topological polar surface area (TPSA) is 85.3 Å². The molecule has 0 aliphatic carbocycles. The predicted molar refractivity (Wildman–Crippen MR) is 123 cm³/mol. The van der Waals surface area contributed by atoms with Gasteiger partial charge >= 0.3 is 6.09 Å². The molecule has 2 N–H and O–H groups in total. The van der Waals surface area contributed by atoms with Crippen LogP contribution >= 0.6 is 11.8 Å². The first kappa shape index (κ1) is 22.4.